The summed E-state index contributed by atoms with van der Waals surface area (Å²) >= 11 is 0. The number of carbonyl (C=O) groups excluding carboxylic acids is 1. The van der Waals surface area contributed by atoms with Crippen LogP contribution < -0.4 is 5.32 Å². The minimum absolute atomic E-state index is 0.189. The number of amides is 1. The summed E-state index contributed by atoms with van der Waals surface area (Å²) in [6, 6.07) is 4.81. The second kappa shape index (κ2) is 4.92. The number of hydrogen-bond acceptors (Lipinski definition) is 6. The van der Waals surface area contributed by atoms with Gasteiger partial charge in [-0.1, -0.05) is 5.16 Å². The molecule has 3 aromatic heterocycles. The maximum absolute atomic E-state index is 11.9. The summed E-state index contributed by atoms with van der Waals surface area (Å²) in [5, 5.41) is 14.0. The highest BCUT2D eigenvalue weighted by Crippen LogP contribution is 2.08. The molecule has 3 aromatic rings. The van der Waals surface area contributed by atoms with Gasteiger partial charge in [-0.25, -0.2) is 4.98 Å². The van der Waals surface area contributed by atoms with E-state index in [0.717, 1.165) is 5.82 Å². The van der Waals surface area contributed by atoms with Gasteiger partial charge in [0, 0.05) is 18.5 Å². The van der Waals surface area contributed by atoms with Gasteiger partial charge in [-0.3, -0.25) is 9.36 Å². The van der Waals surface area contributed by atoms with Crippen LogP contribution in [0.5, 0.6) is 0 Å². The molecule has 0 aromatic carbocycles. The van der Waals surface area contributed by atoms with Crippen LogP contribution in [-0.2, 0) is 0 Å². The Labute approximate surface area is 113 Å². The molecule has 0 saturated heterocycles. The van der Waals surface area contributed by atoms with Gasteiger partial charge in [0.25, 0.3) is 5.91 Å². The van der Waals surface area contributed by atoms with Crippen molar-refractivity contribution < 1.29 is 9.32 Å². The number of anilines is 1. The number of nitrogens with one attached hydrogen (secondary N) is 1. The molecule has 100 valence electrons. The smallest absolute Gasteiger partial charge is 0.277 e. The third kappa shape index (κ3) is 2.26. The molecule has 0 spiro atoms. The van der Waals surface area contributed by atoms with E-state index in [1.54, 1.807) is 29.1 Å². The first-order valence-electron chi connectivity index (χ1n) is 5.80. The number of aromatic nitrogens is 5. The first-order valence-corrected chi connectivity index (χ1v) is 5.80. The summed E-state index contributed by atoms with van der Waals surface area (Å²) in [6.07, 6.45) is 4.81. The molecular formula is C12H10N6O2. The predicted molar refractivity (Wildman–Crippen MR) is 68.3 cm³/mol. The Kier molecular flexibility index (Phi) is 2.96. The van der Waals surface area contributed by atoms with Gasteiger partial charge in [-0.05, 0) is 19.1 Å². The molecule has 0 saturated carbocycles. The summed E-state index contributed by atoms with van der Waals surface area (Å²) in [4.78, 5) is 16.0. The summed E-state index contributed by atoms with van der Waals surface area (Å²) in [5.41, 5.74) is 0.189. The van der Waals surface area contributed by atoms with Crippen molar-refractivity contribution in [3.8, 4) is 5.82 Å². The summed E-state index contributed by atoms with van der Waals surface area (Å²) in [7, 11) is 0. The number of hydrogen-bond donors (Lipinski definition) is 1. The van der Waals surface area contributed by atoms with Gasteiger partial charge in [0.05, 0.1) is 0 Å². The number of rotatable bonds is 3. The van der Waals surface area contributed by atoms with Crippen molar-refractivity contribution in [2.45, 2.75) is 6.92 Å². The highest BCUT2D eigenvalue weighted by Gasteiger charge is 2.11. The molecular weight excluding hydrogens is 260 g/mol. The van der Waals surface area contributed by atoms with E-state index in [4.69, 9.17) is 0 Å². The fourth-order valence-corrected chi connectivity index (χ4v) is 1.65. The monoisotopic (exact) mass is 270 g/mol. The Morgan fingerprint density at radius 3 is 2.80 bits per heavy atom. The minimum atomic E-state index is -0.402. The van der Waals surface area contributed by atoms with Crippen molar-refractivity contribution in [3.05, 3.63) is 48.4 Å². The van der Waals surface area contributed by atoms with Gasteiger partial charge in [0.1, 0.15) is 12.1 Å². The number of imidazole rings is 1. The molecule has 0 aliphatic carbocycles. The van der Waals surface area contributed by atoms with Gasteiger partial charge >= 0.3 is 0 Å². The summed E-state index contributed by atoms with van der Waals surface area (Å²) < 4.78 is 6.39. The largest absolute Gasteiger partial charge is 0.363 e. The van der Waals surface area contributed by atoms with E-state index in [2.05, 4.69) is 30.2 Å². The lowest BCUT2D eigenvalue weighted by Crippen LogP contribution is -2.15. The molecule has 20 heavy (non-hydrogen) atoms. The number of aryl methyl sites for hydroxylation is 1. The molecule has 0 atom stereocenters. The lowest BCUT2D eigenvalue weighted by Gasteiger charge is -2.04. The van der Waals surface area contributed by atoms with Crippen LogP contribution in [0.4, 0.5) is 5.82 Å². The van der Waals surface area contributed by atoms with E-state index < -0.39 is 5.91 Å². The van der Waals surface area contributed by atoms with Crippen LogP contribution in [0.3, 0.4) is 0 Å². The van der Waals surface area contributed by atoms with Crippen molar-refractivity contribution in [1.29, 1.82) is 0 Å². The Morgan fingerprint density at radius 2 is 2.20 bits per heavy atom. The van der Waals surface area contributed by atoms with E-state index >= 15 is 0 Å². The van der Waals surface area contributed by atoms with Crippen molar-refractivity contribution in [2.24, 2.45) is 0 Å². The lowest BCUT2D eigenvalue weighted by atomic mass is 10.3. The Balaban J connectivity index is 1.79. The van der Waals surface area contributed by atoms with Crippen molar-refractivity contribution in [1.82, 2.24) is 24.9 Å². The normalized spacial score (nSPS) is 10.4. The van der Waals surface area contributed by atoms with Gasteiger partial charge in [-0.15, -0.1) is 10.2 Å². The van der Waals surface area contributed by atoms with Gasteiger partial charge < -0.3 is 9.84 Å². The summed E-state index contributed by atoms with van der Waals surface area (Å²) in [6.45, 7) is 1.85. The zero-order valence-electron chi connectivity index (χ0n) is 10.5. The Bertz CT molecular complexity index is 717. The molecule has 0 unspecified atom stereocenters. The number of nitrogens with zero attached hydrogens (tertiary/aromatic N) is 5. The first kappa shape index (κ1) is 12.0. The number of carbonyl (C=O) groups is 1. The van der Waals surface area contributed by atoms with Crippen LogP contribution in [0.2, 0.25) is 0 Å². The van der Waals surface area contributed by atoms with Gasteiger partial charge in [0.15, 0.2) is 17.3 Å². The average molecular weight is 270 g/mol. The zero-order valence-corrected chi connectivity index (χ0v) is 10.5. The molecule has 8 nitrogen and oxygen atoms in total. The van der Waals surface area contributed by atoms with Crippen LogP contribution in [0, 0.1) is 6.92 Å². The quantitative estimate of drug-likeness (QED) is 0.768. The molecule has 0 fully saturated rings. The maximum atomic E-state index is 11.9. The van der Waals surface area contributed by atoms with Crippen LogP contribution >= 0.6 is 0 Å². The van der Waals surface area contributed by atoms with Crippen LogP contribution in [0.1, 0.15) is 16.3 Å². The maximum Gasteiger partial charge on any atom is 0.277 e. The third-order valence-corrected chi connectivity index (χ3v) is 2.64. The van der Waals surface area contributed by atoms with Crippen LogP contribution in [0.25, 0.3) is 5.82 Å². The van der Waals surface area contributed by atoms with Crippen LogP contribution in [0.15, 0.2) is 41.4 Å². The second-order valence-corrected chi connectivity index (χ2v) is 3.96. The van der Waals surface area contributed by atoms with E-state index in [1.807, 2.05) is 6.92 Å². The first-order chi connectivity index (χ1) is 9.74. The van der Waals surface area contributed by atoms with E-state index in [1.165, 1.54) is 12.3 Å². The standard InChI is InChI=1S/C12H10N6O2/c1-8-13-5-6-18(8)11-3-2-9(15-16-11)12(19)14-10-4-7-20-17-10/h2-7H,1H3,(H,14,17,19). The average Bonchev–Trinajstić information content (AvgIpc) is 3.10. The van der Waals surface area contributed by atoms with Crippen molar-refractivity contribution in [3.63, 3.8) is 0 Å². The highest BCUT2D eigenvalue weighted by molar-refractivity contribution is 6.02. The molecule has 0 bridgehead atoms. The summed E-state index contributed by atoms with van der Waals surface area (Å²) in [5.74, 6) is 1.31. The topological polar surface area (TPSA) is 98.7 Å². The fraction of sp³-hybridized carbons (Fsp3) is 0.0833. The van der Waals surface area contributed by atoms with Crippen molar-refractivity contribution >= 4 is 11.7 Å². The molecule has 1 N–H and O–H groups in total. The van der Waals surface area contributed by atoms with E-state index in [9.17, 15) is 4.79 Å². The second-order valence-electron chi connectivity index (χ2n) is 3.96. The van der Waals surface area contributed by atoms with E-state index in [-0.39, 0.29) is 5.69 Å². The lowest BCUT2D eigenvalue weighted by molar-refractivity contribution is 0.102. The van der Waals surface area contributed by atoms with Crippen LogP contribution in [-0.4, -0.2) is 30.8 Å². The highest BCUT2D eigenvalue weighted by atomic mass is 16.5. The molecule has 0 radical (unpaired) electrons. The molecule has 3 heterocycles. The molecule has 0 aliphatic rings. The van der Waals surface area contributed by atoms with Gasteiger partial charge in [-0.2, -0.15) is 0 Å². The molecule has 0 aliphatic heterocycles. The molecule has 1 amide bonds. The van der Waals surface area contributed by atoms with Gasteiger partial charge in [0.2, 0.25) is 0 Å². The Hall–Kier alpha value is -3.03. The zero-order chi connectivity index (χ0) is 13.9. The fourth-order valence-electron chi connectivity index (χ4n) is 1.65. The Morgan fingerprint density at radius 1 is 1.30 bits per heavy atom. The molecule has 3 rings (SSSR count). The third-order valence-electron chi connectivity index (χ3n) is 2.64. The predicted octanol–water partition coefficient (Wildman–Crippen LogP) is 1.21. The van der Waals surface area contributed by atoms with Crippen molar-refractivity contribution in [2.75, 3.05) is 5.32 Å². The molecule has 8 heteroatoms. The minimum Gasteiger partial charge on any atom is -0.363 e. The SMILES string of the molecule is Cc1nccn1-c1ccc(C(=O)Nc2ccon2)nn1. The van der Waals surface area contributed by atoms with E-state index in [0.29, 0.717) is 11.6 Å².